The molecule has 24 heavy (non-hydrogen) atoms. The summed E-state index contributed by atoms with van der Waals surface area (Å²) in [6.07, 6.45) is 2.57. The fourth-order valence-corrected chi connectivity index (χ4v) is 2.13. The summed E-state index contributed by atoms with van der Waals surface area (Å²) in [4.78, 5) is 22.8. The van der Waals surface area contributed by atoms with Crippen molar-refractivity contribution in [3.8, 4) is 11.4 Å². The maximum atomic E-state index is 12.3. The van der Waals surface area contributed by atoms with Gasteiger partial charge in [-0.25, -0.2) is 0 Å². The molecule has 0 saturated carbocycles. The quantitative estimate of drug-likeness (QED) is 0.316. The molecular formula is C16H11N5O3. The Hall–Kier alpha value is -3.68. The number of carbonyl (C=O) groups is 1. The predicted molar refractivity (Wildman–Crippen MR) is 86.0 cm³/mol. The van der Waals surface area contributed by atoms with Crippen LogP contribution in [0.2, 0.25) is 0 Å². The lowest BCUT2D eigenvalue weighted by atomic mass is 10.1. The molecule has 0 radical (unpaired) electrons. The number of nitro groups is 1. The van der Waals surface area contributed by atoms with E-state index in [9.17, 15) is 14.9 Å². The summed E-state index contributed by atoms with van der Waals surface area (Å²) in [6, 6.07) is 15.2. The van der Waals surface area contributed by atoms with E-state index < -0.39 is 10.8 Å². The highest BCUT2D eigenvalue weighted by Crippen LogP contribution is 2.19. The first-order valence-corrected chi connectivity index (χ1v) is 6.96. The topological polar surface area (TPSA) is 104 Å². The average Bonchev–Trinajstić information content (AvgIpc) is 3.10. The van der Waals surface area contributed by atoms with Crippen LogP contribution in [0.15, 0.2) is 60.7 Å². The zero-order chi connectivity index (χ0) is 16.9. The molecule has 0 saturated heterocycles. The molecule has 3 rings (SSSR count). The Kier molecular flexibility index (Phi) is 4.19. The van der Waals surface area contributed by atoms with Gasteiger partial charge in [-0.15, -0.1) is 5.10 Å². The molecule has 2 aromatic carbocycles. The van der Waals surface area contributed by atoms with Gasteiger partial charge in [0.15, 0.2) is 5.82 Å². The van der Waals surface area contributed by atoms with Crippen LogP contribution in [-0.4, -0.2) is 31.0 Å². The first-order chi connectivity index (χ1) is 11.7. The number of carbonyl (C=O) groups excluding carboxylic acids is 1. The Morgan fingerprint density at radius 2 is 1.79 bits per heavy atom. The van der Waals surface area contributed by atoms with E-state index in [-0.39, 0.29) is 5.69 Å². The smallest absolute Gasteiger partial charge is 0.267 e. The molecule has 3 aromatic rings. The van der Waals surface area contributed by atoms with Crippen LogP contribution < -0.4 is 0 Å². The van der Waals surface area contributed by atoms with Gasteiger partial charge in [0.25, 0.3) is 11.6 Å². The van der Waals surface area contributed by atoms with E-state index in [1.807, 2.05) is 18.2 Å². The Labute approximate surface area is 136 Å². The number of nitro benzene ring substituents is 1. The van der Waals surface area contributed by atoms with Gasteiger partial charge in [0.1, 0.15) is 0 Å². The van der Waals surface area contributed by atoms with Crippen molar-refractivity contribution in [3.63, 3.8) is 0 Å². The van der Waals surface area contributed by atoms with Gasteiger partial charge >= 0.3 is 0 Å². The van der Waals surface area contributed by atoms with E-state index in [0.717, 1.165) is 4.68 Å². The first kappa shape index (κ1) is 15.2. The molecule has 8 heteroatoms. The molecule has 0 atom stereocenters. The van der Waals surface area contributed by atoms with Crippen LogP contribution in [0.25, 0.3) is 17.5 Å². The summed E-state index contributed by atoms with van der Waals surface area (Å²) >= 11 is 0. The van der Waals surface area contributed by atoms with Gasteiger partial charge in [-0.3, -0.25) is 14.9 Å². The van der Waals surface area contributed by atoms with Crippen molar-refractivity contribution >= 4 is 17.7 Å². The molecular weight excluding hydrogens is 310 g/mol. The van der Waals surface area contributed by atoms with Gasteiger partial charge < -0.3 is 0 Å². The fraction of sp³-hybridized carbons (Fsp3) is 0. The number of para-hydroxylation sites is 1. The van der Waals surface area contributed by atoms with Crippen LogP contribution in [0, 0.1) is 10.1 Å². The van der Waals surface area contributed by atoms with Crippen molar-refractivity contribution in [1.82, 2.24) is 20.2 Å². The van der Waals surface area contributed by atoms with Crippen molar-refractivity contribution in [2.45, 2.75) is 0 Å². The van der Waals surface area contributed by atoms with E-state index in [2.05, 4.69) is 15.5 Å². The molecule has 0 unspecified atom stereocenters. The Bertz CT molecular complexity index is 918. The molecule has 0 aliphatic rings. The van der Waals surface area contributed by atoms with E-state index in [0.29, 0.717) is 17.0 Å². The first-order valence-electron chi connectivity index (χ1n) is 6.96. The van der Waals surface area contributed by atoms with Crippen molar-refractivity contribution < 1.29 is 9.72 Å². The number of benzene rings is 2. The number of nitrogens with zero attached hydrogens (tertiary/aromatic N) is 5. The van der Waals surface area contributed by atoms with Gasteiger partial charge in [0.05, 0.1) is 10.5 Å². The normalized spacial score (nSPS) is 10.8. The largest absolute Gasteiger partial charge is 0.276 e. The Morgan fingerprint density at radius 1 is 1.08 bits per heavy atom. The van der Waals surface area contributed by atoms with Gasteiger partial charge in [0, 0.05) is 17.7 Å². The van der Waals surface area contributed by atoms with E-state index in [1.165, 1.54) is 18.2 Å². The van der Waals surface area contributed by atoms with Crippen LogP contribution in [0.5, 0.6) is 0 Å². The number of hydrogen-bond acceptors (Lipinski definition) is 6. The van der Waals surface area contributed by atoms with Crippen molar-refractivity contribution in [2.24, 2.45) is 0 Å². The maximum Gasteiger partial charge on any atom is 0.276 e. The zero-order valence-corrected chi connectivity index (χ0v) is 12.3. The third-order valence-corrected chi connectivity index (χ3v) is 3.25. The molecule has 0 bridgehead atoms. The molecule has 8 nitrogen and oxygen atoms in total. The number of allylic oxidation sites excluding steroid dienone is 1. The Morgan fingerprint density at radius 3 is 2.54 bits per heavy atom. The van der Waals surface area contributed by atoms with Crippen LogP contribution in [-0.2, 0) is 0 Å². The van der Waals surface area contributed by atoms with Crippen molar-refractivity contribution in [2.75, 3.05) is 0 Å². The summed E-state index contributed by atoms with van der Waals surface area (Å²) in [5, 5.41) is 22.0. The highest BCUT2D eigenvalue weighted by Gasteiger charge is 2.14. The number of rotatable bonds is 4. The minimum Gasteiger partial charge on any atom is -0.267 e. The third-order valence-electron chi connectivity index (χ3n) is 3.25. The lowest BCUT2D eigenvalue weighted by Gasteiger charge is -2.00. The molecule has 0 aliphatic heterocycles. The highest BCUT2D eigenvalue weighted by molar-refractivity contribution is 5.95. The number of tetrazole rings is 1. The molecule has 0 aliphatic carbocycles. The van der Waals surface area contributed by atoms with Crippen LogP contribution in [0.4, 0.5) is 5.69 Å². The second kappa shape index (κ2) is 6.61. The summed E-state index contributed by atoms with van der Waals surface area (Å²) in [7, 11) is 0. The average molecular weight is 321 g/mol. The molecule has 1 aromatic heterocycles. The summed E-state index contributed by atoms with van der Waals surface area (Å²) in [5.74, 6) is -0.204. The zero-order valence-electron chi connectivity index (χ0n) is 12.3. The minimum absolute atomic E-state index is 0.0819. The Balaban J connectivity index is 1.90. The highest BCUT2D eigenvalue weighted by atomic mass is 16.6. The minimum atomic E-state index is -0.503. The molecule has 0 spiro atoms. The standard InChI is InChI=1S/C16H11N5O3/c22-15(11-10-12-6-4-5-9-14(12)21(23)24)20-16(17-18-19-20)13-7-2-1-3-8-13/h1-11H/b11-10+. The molecule has 0 amide bonds. The summed E-state index contributed by atoms with van der Waals surface area (Å²) < 4.78 is 1.04. The number of hydrogen-bond donors (Lipinski definition) is 0. The SMILES string of the molecule is O=C(/C=C/c1ccccc1[N+](=O)[O-])n1nnnc1-c1ccccc1. The predicted octanol–water partition coefficient (Wildman–Crippen LogP) is 2.60. The number of aromatic nitrogens is 4. The fourth-order valence-electron chi connectivity index (χ4n) is 2.13. The van der Waals surface area contributed by atoms with Crippen molar-refractivity contribution in [3.05, 3.63) is 76.4 Å². The van der Waals surface area contributed by atoms with Gasteiger partial charge in [-0.2, -0.15) is 4.68 Å². The molecule has 0 N–H and O–H groups in total. The second-order valence-corrected chi connectivity index (χ2v) is 4.77. The molecule has 0 fully saturated rings. The maximum absolute atomic E-state index is 12.3. The van der Waals surface area contributed by atoms with Crippen LogP contribution in [0.3, 0.4) is 0 Å². The van der Waals surface area contributed by atoms with Crippen molar-refractivity contribution in [1.29, 1.82) is 0 Å². The lowest BCUT2D eigenvalue weighted by molar-refractivity contribution is -0.385. The van der Waals surface area contributed by atoms with Gasteiger partial charge in [0.2, 0.25) is 0 Å². The summed E-state index contributed by atoms with van der Waals surface area (Å²) in [6.45, 7) is 0. The van der Waals surface area contributed by atoms with Gasteiger partial charge in [-0.05, 0) is 22.6 Å². The lowest BCUT2D eigenvalue weighted by Crippen LogP contribution is -2.11. The molecule has 118 valence electrons. The van der Waals surface area contributed by atoms with E-state index >= 15 is 0 Å². The van der Waals surface area contributed by atoms with E-state index in [4.69, 9.17) is 0 Å². The monoisotopic (exact) mass is 321 g/mol. The molecule has 1 heterocycles. The summed E-state index contributed by atoms with van der Waals surface area (Å²) in [5.41, 5.74) is 0.932. The second-order valence-electron chi connectivity index (χ2n) is 4.77. The van der Waals surface area contributed by atoms with Crippen LogP contribution in [0.1, 0.15) is 10.4 Å². The van der Waals surface area contributed by atoms with Gasteiger partial charge in [-0.1, -0.05) is 42.5 Å². The third kappa shape index (κ3) is 3.07. The van der Waals surface area contributed by atoms with E-state index in [1.54, 1.807) is 30.3 Å². The van der Waals surface area contributed by atoms with Crippen LogP contribution >= 0.6 is 0 Å².